The van der Waals surface area contributed by atoms with Crippen LogP contribution in [0.4, 0.5) is 23.7 Å². The van der Waals surface area contributed by atoms with Gasteiger partial charge in [-0.3, -0.25) is 4.79 Å². The first-order valence-corrected chi connectivity index (χ1v) is 14.4. The Labute approximate surface area is 238 Å². The van der Waals surface area contributed by atoms with Gasteiger partial charge in [0.25, 0.3) is 0 Å². The average Bonchev–Trinajstić information content (AvgIpc) is 2.91. The number of hydrogen-bond acceptors (Lipinski definition) is 5. The predicted octanol–water partition coefficient (Wildman–Crippen LogP) is 6.94. The molecule has 10 heteroatoms. The molecule has 2 aromatic rings. The Kier molecular flexibility index (Phi) is 9.38. The van der Waals surface area contributed by atoms with Crippen molar-refractivity contribution in [2.24, 2.45) is 0 Å². The Hall–Kier alpha value is -3.14. The summed E-state index contributed by atoms with van der Waals surface area (Å²) in [6, 6.07) is 11.8. The van der Waals surface area contributed by atoms with Crippen LogP contribution < -0.4 is 4.90 Å². The Balaban J connectivity index is 1.44. The molecule has 2 aliphatic rings. The number of carbonyl (C=O) groups excluding carboxylic acids is 2. The van der Waals surface area contributed by atoms with E-state index >= 15 is 0 Å². The van der Waals surface area contributed by atoms with E-state index in [1.165, 1.54) is 24.6 Å². The number of piperazine rings is 1. The van der Waals surface area contributed by atoms with Crippen LogP contribution in [-0.2, 0) is 15.7 Å². The van der Waals surface area contributed by atoms with Crippen LogP contribution in [0.3, 0.4) is 0 Å². The van der Waals surface area contributed by atoms with Crippen molar-refractivity contribution in [3.63, 3.8) is 0 Å². The van der Waals surface area contributed by atoms with E-state index in [2.05, 4.69) is 4.90 Å². The molecule has 0 bridgehead atoms. The third kappa shape index (κ3) is 7.96. The molecule has 4 rings (SSSR count). The van der Waals surface area contributed by atoms with Gasteiger partial charge in [0.15, 0.2) is 0 Å². The van der Waals surface area contributed by atoms with Crippen LogP contribution in [0.5, 0.6) is 0 Å². The van der Waals surface area contributed by atoms with E-state index in [4.69, 9.17) is 4.74 Å². The minimum atomic E-state index is -4.55. The second-order valence-corrected chi connectivity index (χ2v) is 12.1. The lowest BCUT2D eigenvalue weighted by molar-refractivity contribution is -0.139. The molecule has 40 heavy (non-hydrogen) atoms. The van der Waals surface area contributed by atoms with Gasteiger partial charge in [0, 0.05) is 55.1 Å². The fourth-order valence-electron chi connectivity index (χ4n) is 4.73. The SMILES string of the molecule is CC(C)(C)OC(=O)N1CCN(C(=O)/C=C/c2ccc(Sc3ccccc3N3CCCCC3)c(C(F)(F)F)c2)CC1. The van der Waals surface area contributed by atoms with Crippen LogP contribution in [0.15, 0.2) is 58.3 Å². The molecule has 216 valence electrons. The summed E-state index contributed by atoms with van der Waals surface area (Å²) in [7, 11) is 0. The van der Waals surface area contributed by atoms with E-state index in [1.54, 1.807) is 36.6 Å². The third-order valence-corrected chi connectivity index (χ3v) is 7.89. The summed E-state index contributed by atoms with van der Waals surface area (Å²) in [5.74, 6) is -0.314. The maximum Gasteiger partial charge on any atom is 0.417 e. The molecule has 2 saturated heterocycles. The van der Waals surface area contributed by atoms with Crippen molar-refractivity contribution >= 4 is 35.5 Å². The minimum Gasteiger partial charge on any atom is -0.444 e. The number of alkyl halides is 3. The molecule has 0 atom stereocenters. The van der Waals surface area contributed by atoms with Gasteiger partial charge in [-0.25, -0.2) is 4.79 Å². The van der Waals surface area contributed by atoms with Crippen LogP contribution in [0.1, 0.15) is 51.2 Å². The molecular weight excluding hydrogens is 539 g/mol. The fourth-order valence-corrected chi connectivity index (χ4v) is 5.83. The Morgan fingerprint density at radius 2 is 1.50 bits per heavy atom. The number of benzene rings is 2. The maximum absolute atomic E-state index is 14.1. The first-order chi connectivity index (χ1) is 18.9. The minimum absolute atomic E-state index is 0.124. The lowest BCUT2D eigenvalue weighted by Gasteiger charge is -2.35. The second kappa shape index (κ2) is 12.6. The van der Waals surface area contributed by atoms with Crippen molar-refractivity contribution in [2.45, 2.75) is 61.6 Å². The molecule has 2 heterocycles. The van der Waals surface area contributed by atoms with Crippen molar-refractivity contribution in [1.29, 1.82) is 0 Å². The van der Waals surface area contributed by atoms with E-state index in [1.807, 2.05) is 24.3 Å². The van der Waals surface area contributed by atoms with E-state index in [0.29, 0.717) is 31.7 Å². The zero-order valence-electron chi connectivity index (χ0n) is 23.2. The largest absolute Gasteiger partial charge is 0.444 e. The number of amides is 2. The van der Waals surface area contributed by atoms with Gasteiger partial charge >= 0.3 is 12.3 Å². The highest BCUT2D eigenvalue weighted by Crippen LogP contribution is 2.43. The Morgan fingerprint density at radius 1 is 0.850 bits per heavy atom. The molecule has 2 aliphatic heterocycles. The summed E-state index contributed by atoms with van der Waals surface area (Å²) in [6.45, 7) is 8.48. The molecule has 0 spiro atoms. The van der Waals surface area contributed by atoms with Crippen molar-refractivity contribution < 1.29 is 27.5 Å². The number of para-hydroxylation sites is 1. The number of ether oxygens (including phenoxy) is 1. The standard InChI is InChI=1S/C30H36F3N3O3S/c1-29(2,3)39-28(38)36-19-17-35(18-20-36)27(37)14-12-22-11-13-25(23(21-22)30(31,32)33)40-26-10-6-5-9-24(26)34-15-7-4-8-16-34/h5-6,9-14,21H,4,7-8,15-20H2,1-3H3/b14-12+. The molecule has 2 amide bonds. The molecule has 2 aromatic carbocycles. The van der Waals surface area contributed by atoms with Crippen molar-refractivity contribution in [1.82, 2.24) is 9.80 Å². The third-order valence-electron chi connectivity index (χ3n) is 6.75. The van der Waals surface area contributed by atoms with Crippen molar-refractivity contribution in [2.75, 3.05) is 44.2 Å². The molecule has 0 unspecified atom stereocenters. The first kappa shape index (κ1) is 29.8. The van der Waals surface area contributed by atoms with Gasteiger partial charge in [0.1, 0.15) is 5.60 Å². The van der Waals surface area contributed by atoms with E-state index in [0.717, 1.165) is 54.3 Å². The highest BCUT2D eigenvalue weighted by atomic mass is 32.2. The van der Waals surface area contributed by atoms with E-state index < -0.39 is 23.4 Å². The summed E-state index contributed by atoms with van der Waals surface area (Å²) in [5.41, 5.74) is -0.0813. The van der Waals surface area contributed by atoms with Crippen LogP contribution in [0.25, 0.3) is 6.08 Å². The average molecular weight is 576 g/mol. The molecular formula is C30H36F3N3O3S. The van der Waals surface area contributed by atoms with Gasteiger partial charge < -0.3 is 19.4 Å². The molecule has 2 fully saturated rings. The zero-order chi connectivity index (χ0) is 28.9. The lowest BCUT2D eigenvalue weighted by Crippen LogP contribution is -2.51. The number of piperidine rings is 1. The molecule has 6 nitrogen and oxygen atoms in total. The summed E-state index contributed by atoms with van der Waals surface area (Å²) < 4.78 is 47.7. The van der Waals surface area contributed by atoms with Crippen molar-refractivity contribution in [3.8, 4) is 0 Å². The van der Waals surface area contributed by atoms with Gasteiger partial charge in [-0.15, -0.1) is 0 Å². The Bertz CT molecular complexity index is 1230. The quantitative estimate of drug-likeness (QED) is 0.362. The predicted molar refractivity (Wildman–Crippen MR) is 151 cm³/mol. The number of hydrogen-bond donors (Lipinski definition) is 0. The van der Waals surface area contributed by atoms with Gasteiger partial charge in [-0.05, 0) is 75.9 Å². The monoisotopic (exact) mass is 575 g/mol. The summed E-state index contributed by atoms with van der Waals surface area (Å²) in [6.07, 6.45) is 1.05. The lowest BCUT2D eigenvalue weighted by atomic mass is 10.1. The molecule has 0 radical (unpaired) electrons. The number of carbonyl (C=O) groups is 2. The Morgan fingerprint density at radius 3 is 2.15 bits per heavy atom. The molecule has 0 saturated carbocycles. The van der Waals surface area contributed by atoms with Crippen LogP contribution in [0, 0.1) is 0 Å². The molecule has 0 N–H and O–H groups in total. The van der Waals surface area contributed by atoms with Crippen LogP contribution in [-0.4, -0.2) is 66.7 Å². The fraction of sp³-hybridized carbons (Fsp3) is 0.467. The van der Waals surface area contributed by atoms with Crippen LogP contribution >= 0.6 is 11.8 Å². The molecule has 0 aromatic heterocycles. The number of nitrogens with zero attached hydrogens (tertiary/aromatic N) is 3. The first-order valence-electron chi connectivity index (χ1n) is 13.6. The molecule has 0 aliphatic carbocycles. The maximum atomic E-state index is 14.1. The normalized spacial score (nSPS) is 16.9. The van der Waals surface area contributed by atoms with Crippen molar-refractivity contribution in [3.05, 3.63) is 59.7 Å². The number of anilines is 1. The highest BCUT2D eigenvalue weighted by molar-refractivity contribution is 7.99. The number of halogens is 3. The summed E-state index contributed by atoms with van der Waals surface area (Å²) in [4.78, 5) is 31.3. The van der Waals surface area contributed by atoms with Gasteiger partial charge in [-0.2, -0.15) is 13.2 Å². The van der Waals surface area contributed by atoms with Gasteiger partial charge in [0.2, 0.25) is 5.91 Å². The van der Waals surface area contributed by atoms with E-state index in [-0.39, 0.29) is 10.8 Å². The van der Waals surface area contributed by atoms with Gasteiger partial charge in [-0.1, -0.05) is 30.0 Å². The second-order valence-electron chi connectivity index (χ2n) is 11.0. The highest BCUT2D eigenvalue weighted by Gasteiger charge is 2.34. The number of rotatable bonds is 5. The van der Waals surface area contributed by atoms with E-state index in [9.17, 15) is 22.8 Å². The summed E-state index contributed by atoms with van der Waals surface area (Å²) >= 11 is 1.12. The zero-order valence-corrected chi connectivity index (χ0v) is 24.0. The summed E-state index contributed by atoms with van der Waals surface area (Å²) in [5, 5.41) is 0. The smallest absolute Gasteiger partial charge is 0.417 e. The van der Waals surface area contributed by atoms with Crippen LogP contribution in [0.2, 0.25) is 0 Å². The topological polar surface area (TPSA) is 53.1 Å². The van der Waals surface area contributed by atoms with Gasteiger partial charge in [0.05, 0.1) is 11.3 Å².